The summed E-state index contributed by atoms with van der Waals surface area (Å²) in [7, 11) is 5.91. The molecule has 0 heterocycles. The normalized spacial score (nSPS) is 10.9. The molecule has 0 spiro atoms. The van der Waals surface area contributed by atoms with E-state index in [1.165, 1.54) is 28.2 Å². The molecule has 0 unspecified atom stereocenters. The van der Waals surface area contributed by atoms with E-state index in [1.54, 1.807) is 0 Å². The van der Waals surface area contributed by atoms with Gasteiger partial charge in [0.2, 0.25) is 23.6 Å². The molecule has 0 aromatic carbocycles. The molecular formula is C17H32N4O8. The van der Waals surface area contributed by atoms with Crippen LogP contribution in [0.2, 0.25) is 0 Å². The predicted octanol–water partition coefficient (Wildman–Crippen LogP) is -2.98. The average molecular weight is 420 g/mol. The average Bonchev–Trinajstić information content (AvgIpc) is 2.72. The van der Waals surface area contributed by atoms with Gasteiger partial charge in [-0.2, -0.15) is 0 Å². The highest BCUT2D eigenvalue weighted by Gasteiger charge is 2.33. The topological polar surface area (TPSA) is 153 Å². The van der Waals surface area contributed by atoms with Gasteiger partial charge in [-0.3, -0.25) is 19.2 Å². The number of nitrogens with one attached hydrogen (secondary N) is 4. The summed E-state index contributed by atoms with van der Waals surface area (Å²) in [6.45, 7) is -0.967. The van der Waals surface area contributed by atoms with E-state index in [9.17, 15) is 19.2 Å². The number of amides is 4. The zero-order chi connectivity index (χ0) is 22.1. The second-order valence-electron chi connectivity index (χ2n) is 6.16. The van der Waals surface area contributed by atoms with Crippen LogP contribution in [0, 0.1) is 5.41 Å². The molecule has 0 saturated carbocycles. The second-order valence-corrected chi connectivity index (χ2v) is 6.16. The molecule has 0 aliphatic heterocycles. The summed E-state index contributed by atoms with van der Waals surface area (Å²) in [5, 5.41) is 9.73. The Labute approximate surface area is 170 Å². The highest BCUT2D eigenvalue weighted by molar-refractivity contribution is 5.77. The molecule has 0 bridgehead atoms. The van der Waals surface area contributed by atoms with Crippen LogP contribution >= 0.6 is 0 Å². The second kappa shape index (κ2) is 15.6. The molecule has 0 aliphatic rings. The van der Waals surface area contributed by atoms with Crippen LogP contribution in [0.4, 0.5) is 0 Å². The van der Waals surface area contributed by atoms with Gasteiger partial charge < -0.3 is 40.2 Å². The lowest BCUT2D eigenvalue weighted by Gasteiger charge is -2.32. The van der Waals surface area contributed by atoms with Gasteiger partial charge in [0.25, 0.3) is 0 Å². The number of hydrogen-bond donors (Lipinski definition) is 4. The van der Waals surface area contributed by atoms with E-state index < -0.39 is 5.41 Å². The zero-order valence-corrected chi connectivity index (χ0v) is 17.4. The quantitative estimate of drug-likeness (QED) is 0.206. The third kappa shape index (κ3) is 12.7. The van der Waals surface area contributed by atoms with E-state index in [-0.39, 0.29) is 76.5 Å². The summed E-state index contributed by atoms with van der Waals surface area (Å²) in [6.07, 6.45) is 0. The van der Waals surface area contributed by atoms with Gasteiger partial charge in [0.05, 0.1) is 31.8 Å². The number of ether oxygens (including phenoxy) is 4. The predicted molar refractivity (Wildman–Crippen MR) is 102 cm³/mol. The minimum atomic E-state index is -0.968. The number of carbonyl (C=O) groups excluding carboxylic acids is 4. The van der Waals surface area contributed by atoms with Crippen LogP contribution in [-0.4, -0.2) is 105 Å². The van der Waals surface area contributed by atoms with Crippen LogP contribution in [0.15, 0.2) is 0 Å². The molecule has 168 valence electrons. The molecule has 12 nitrogen and oxygen atoms in total. The van der Waals surface area contributed by atoms with Crippen molar-refractivity contribution >= 4 is 23.6 Å². The fourth-order valence-electron chi connectivity index (χ4n) is 1.98. The van der Waals surface area contributed by atoms with Crippen molar-refractivity contribution in [2.75, 3.05) is 81.0 Å². The fourth-order valence-corrected chi connectivity index (χ4v) is 1.98. The highest BCUT2D eigenvalue weighted by atomic mass is 16.5. The summed E-state index contributed by atoms with van der Waals surface area (Å²) < 4.78 is 21.8. The first kappa shape index (κ1) is 26.7. The molecule has 4 amide bonds. The molecule has 0 aromatic heterocycles. The van der Waals surface area contributed by atoms with Crippen molar-refractivity contribution in [3.05, 3.63) is 0 Å². The molecule has 0 radical (unpaired) electrons. The number of carbonyl (C=O) groups is 4. The number of hydrogen-bond acceptors (Lipinski definition) is 8. The van der Waals surface area contributed by atoms with Crippen LogP contribution < -0.4 is 21.3 Å². The Balaban J connectivity index is 5.14. The Kier molecular flexibility index (Phi) is 14.4. The van der Waals surface area contributed by atoms with E-state index >= 15 is 0 Å². The van der Waals surface area contributed by atoms with Crippen LogP contribution in [-0.2, 0) is 38.1 Å². The molecule has 0 aliphatic carbocycles. The highest BCUT2D eigenvalue weighted by Crippen LogP contribution is 2.21. The molecule has 0 atom stereocenters. The van der Waals surface area contributed by atoms with Crippen molar-refractivity contribution in [2.45, 2.75) is 0 Å². The van der Waals surface area contributed by atoms with Crippen LogP contribution in [0.1, 0.15) is 0 Å². The van der Waals surface area contributed by atoms with Gasteiger partial charge in [0.15, 0.2) is 0 Å². The first-order valence-electron chi connectivity index (χ1n) is 8.95. The lowest BCUT2D eigenvalue weighted by molar-refractivity contribution is -0.143. The molecule has 4 N–H and O–H groups in total. The molecule has 0 aromatic rings. The molecular weight excluding hydrogens is 388 g/mol. The van der Waals surface area contributed by atoms with E-state index in [0.29, 0.717) is 0 Å². The first-order chi connectivity index (χ1) is 13.8. The van der Waals surface area contributed by atoms with E-state index in [2.05, 4.69) is 21.3 Å². The van der Waals surface area contributed by atoms with Gasteiger partial charge in [-0.15, -0.1) is 0 Å². The first-order valence-corrected chi connectivity index (χ1v) is 8.95. The summed E-state index contributed by atoms with van der Waals surface area (Å²) >= 11 is 0. The van der Waals surface area contributed by atoms with Crippen LogP contribution in [0.3, 0.4) is 0 Å². The lowest BCUT2D eigenvalue weighted by atomic mass is 9.92. The van der Waals surface area contributed by atoms with Crippen molar-refractivity contribution in [1.82, 2.24) is 21.3 Å². The maximum absolute atomic E-state index is 11.4. The maximum Gasteiger partial charge on any atom is 0.245 e. The van der Waals surface area contributed by atoms with E-state index in [4.69, 9.17) is 18.9 Å². The lowest BCUT2D eigenvalue weighted by Crippen LogP contribution is -2.44. The van der Waals surface area contributed by atoms with Crippen molar-refractivity contribution in [3.63, 3.8) is 0 Å². The van der Waals surface area contributed by atoms with Gasteiger partial charge in [-0.25, -0.2) is 0 Å². The molecule has 12 heteroatoms. The molecule has 0 fully saturated rings. The zero-order valence-electron chi connectivity index (χ0n) is 17.4. The SMILES string of the molecule is CNC(=O)COCC(COCC(=O)NC)(COCC(=O)NC)COCC(=O)NC. The molecule has 29 heavy (non-hydrogen) atoms. The van der Waals surface area contributed by atoms with Crippen LogP contribution in [0.5, 0.6) is 0 Å². The van der Waals surface area contributed by atoms with E-state index in [0.717, 1.165) is 0 Å². The Bertz CT molecular complexity index is 436. The van der Waals surface area contributed by atoms with Crippen LogP contribution in [0.25, 0.3) is 0 Å². The minimum absolute atomic E-state index is 0.0321. The number of rotatable bonds is 16. The standard InChI is InChI=1S/C17H32N4O8/c1-18-13(22)5-26-9-17(10-27-6-14(23)19-2,11-28-7-15(24)20-3)12-29-8-16(25)21-4/h5-12H2,1-4H3,(H,18,22)(H,19,23)(H,20,24)(H,21,25). The summed E-state index contributed by atoms with van der Waals surface area (Å²) in [4.78, 5) is 45.7. The summed E-state index contributed by atoms with van der Waals surface area (Å²) in [5.74, 6) is -1.32. The molecule has 0 rings (SSSR count). The largest absolute Gasteiger partial charge is 0.371 e. The van der Waals surface area contributed by atoms with Gasteiger partial charge in [-0.05, 0) is 0 Å². The third-order valence-corrected chi connectivity index (χ3v) is 3.68. The Morgan fingerprint density at radius 3 is 0.897 bits per heavy atom. The van der Waals surface area contributed by atoms with Crippen molar-refractivity contribution < 1.29 is 38.1 Å². The number of likely N-dealkylation sites (N-methyl/N-ethyl adjacent to an activating group) is 4. The van der Waals surface area contributed by atoms with Crippen molar-refractivity contribution in [2.24, 2.45) is 5.41 Å². The Hall–Kier alpha value is -2.28. The van der Waals surface area contributed by atoms with Crippen molar-refractivity contribution in [1.29, 1.82) is 0 Å². The third-order valence-electron chi connectivity index (χ3n) is 3.68. The smallest absolute Gasteiger partial charge is 0.245 e. The van der Waals surface area contributed by atoms with Crippen molar-refractivity contribution in [3.8, 4) is 0 Å². The summed E-state index contributed by atoms with van der Waals surface area (Å²) in [5.41, 5.74) is -0.968. The van der Waals surface area contributed by atoms with Gasteiger partial charge in [0.1, 0.15) is 26.4 Å². The minimum Gasteiger partial charge on any atom is -0.371 e. The fraction of sp³-hybridized carbons (Fsp3) is 0.765. The van der Waals surface area contributed by atoms with Gasteiger partial charge >= 0.3 is 0 Å². The summed E-state index contributed by atoms with van der Waals surface area (Å²) in [6, 6.07) is 0. The van der Waals surface area contributed by atoms with Gasteiger partial charge in [-0.1, -0.05) is 0 Å². The monoisotopic (exact) mass is 420 g/mol. The maximum atomic E-state index is 11.4. The molecule has 0 saturated heterocycles. The Morgan fingerprint density at radius 1 is 0.517 bits per heavy atom. The Morgan fingerprint density at radius 2 is 0.724 bits per heavy atom. The van der Waals surface area contributed by atoms with E-state index in [1.807, 2.05) is 0 Å². The van der Waals surface area contributed by atoms with Gasteiger partial charge in [0, 0.05) is 28.2 Å².